The lowest BCUT2D eigenvalue weighted by Gasteiger charge is -2.38. The van der Waals surface area contributed by atoms with Gasteiger partial charge in [-0.2, -0.15) is 0 Å². The average Bonchev–Trinajstić information content (AvgIpc) is 2.52. The Morgan fingerprint density at radius 1 is 1.00 bits per heavy atom. The molecule has 3 N–H and O–H groups in total. The second kappa shape index (κ2) is 5.87. The second-order valence-electron chi connectivity index (χ2n) is 5.05. The lowest BCUT2D eigenvalue weighted by Crippen LogP contribution is -2.58. The summed E-state index contributed by atoms with van der Waals surface area (Å²) in [6.45, 7) is 0.374. The summed E-state index contributed by atoms with van der Waals surface area (Å²) in [5, 5.41) is 3.06. The van der Waals surface area contributed by atoms with E-state index in [1.165, 1.54) is 5.01 Å². The Kier molecular flexibility index (Phi) is 3.76. The highest BCUT2D eigenvalue weighted by molar-refractivity contribution is 6.02. The van der Waals surface area contributed by atoms with Crippen molar-refractivity contribution in [2.45, 2.75) is 6.54 Å². The zero-order valence-corrected chi connectivity index (χ0v) is 11.9. The van der Waals surface area contributed by atoms with Gasteiger partial charge < -0.3 is 5.73 Å². The fraction of sp³-hybridized carbons (Fsp3) is 0.125. The molecule has 1 heterocycles. The number of nitrogens with two attached hydrogens (primary N) is 1. The molecule has 0 atom stereocenters. The van der Waals surface area contributed by atoms with Crippen LogP contribution in [0, 0.1) is 0 Å². The number of fused-ring (bicyclic) bond motifs is 1. The van der Waals surface area contributed by atoms with Crippen LogP contribution in [0.3, 0.4) is 0 Å². The highest BCUT2D eigenvalue weighted by Gasteiger charge is 2.29. The van der Waals surface area contributed by atoms with Crippen molar-refractivity contribution in [3.63, 3.8) is 0 Å². The van der Waals surface area contributed by atoms with E-state index in [4.69, 9.17) is 5.73 Å². The van der Waals surface area contributed by atoms with Crippen LogP contribution in [0.5, 0.6) is 0 Å². The van der Waals surface area contributed by atoms with Gasteiger partial charge in [-0.15, -0.1) is 5.53 Å². The van der Waals surface area contributed by atoms with E-state index in [1.54, 1.807) is 12.1 Å². The van der Waals surface area contributed by atoms with Crippen LogP contribution in [-0.2, 0) is 11.3 Å². The highest BCUT2D eigenvalue weighted by atomic mass is 16.2. The molecule has 1 aliphatic heterocycles. The number of para-hydroxylation sites is 1. The first-order chi connectivity index (χ1) is 10.6. The van der Waals surface area contributed by atoms with E-state index in [1.807, 2.05) is 47.5 Å². The van der Waals surface area contributed by atoms with Gasteiger partial charge in [0.2, 0.25) is 5.91 Å². The maximum atomic E-state index is 12.4. The van der Waals surface area contributed by atoms with Crippen molar-refractivity contribution in [1.29, 1.82) is 0 Å². The summed E-state index contributed by atoms with van der Waals surface area (Å²) >= 11 is 0. The molecule has 0 unspecified atom stereocenters. The van der Waals surface area contributed by atoms with Crippen molar-refractivity contribution in [2.24, 2.45) is 5.73 Å². The van der Waals surface area contributed by atoms with Crippen molar-refractivity contribution in [2.75, 3.05) is 11.6 Å². The summed E-state index contributed by atoms with van der Waals surface area (Å²) in [7, 11) is 0. The molecule has 0 spiro atoms. The van der Waals surface area contributed by atoms with Crippen molar-refractivity contribution in [3.05, 3.63) is 65.7 Å². The van der Waals surface area contributed by atoms with Crippen molar-refractivity contribution in [1.82, 2.24) is 10.5 Å². The summed E-state index contributed by atoms with van der Waals surface area (Å²) in [5.41, 5.74) is 10.6. The Morgan fingerprint density at radius 3 is 2.41 bits per heavy atom. The fourth-order valence-electron chi connectivity index (χ4n) is 2.43. The van der Waals surface area contributed by atoms with E-state index in [-0.39, 0.29) is 12.5 Å². The summed E-state index contributed by atoms with van der Waals surface area (Å²) < 4.78 is 0. The van der Waals surface area contributed by atoms with E-state index >= 15 is 0 Å². The third-order valence-electron chi connectivity index (χ3n) is 3.41. The largest absolute Gasteiger partial charge is 0.368 e. The lowest BCUT2D eigenvalue weighted by atomic mass is 10.1. The van der Waals surface area contributed by atoms with Crippen LogP contribution in [0.15, 0.2) is 54.6 Å². The number of nitrogens with one attached hydrogen (secondary N) is 1. The van der Waals surface area contributed by atoms with Crippen LogP contribution in [0.1, 0.15) is 15.9 Å². The molecular weight excluding hydrogens is 280 g/mol. The third kappa shape index (κ3) is 2.77. The Morgan fingerprint density at radius 2 is 1.68 bits per heavy atom. The molecular formula is C16H16N4O2. The molecule has 0 radical (unpaired) electrons. The summed E-state index contributed by atoms with van der Waals surface area (Å²) in [4.78, 5) is 23.5. The zero-order valence-electron chi connectivity index (χ0n) is 11.9. The number of carbonyl (C=O) groups excluding carboxylic acids is 2. The van der Waals surface area contributed by atoms with Crippen molar-refractivity contribution >= 4 is 17.5 Å². The minimum absolute atomic E-state index is 0.182. The first kappa shape index (κ1) is 14.1. The number of hydrogen-bond donors (Lipinski definition) is 2. The quantitative estimate of drug-likeness (QED) is 0.884. The van der Waals surface area contributed by atoms with Gasteiger partial charge in [-0.05, 0) is 17.7 Å². The van der Waals surface area contributed by atoms with Crippen molar-refractivity contribution < 1.29 is 9.59 Å². The Hall–Kier alpha value is -2.86. The summed E-state index contributed by atoms with van der Waals surface area (Å²) in [6.07, 6.45) is 0. The summed E-state index contributed by atoms with van der Waals surface area (Å²) in [6, 6.07) is 17.1. The molecule has 0 saturated heterocycles. The predicted octanol–water partition coefficient (Wildman–Crippen LogP) is 1.05. The van der Waals surface area contributed by atoms with E-state index in [2.05, 4.69) is 5.53 Å². The van der Waals surface area contributed by atoms with E-state index < -0.39 is 5.91 Å². The topological polar surface area (TPSA) is 78.7 Å². The first-order valence-electron chi connectivity index (χ1n) is 6.92. The number of hydrazine groups is 2. The maximum absolute atomic E-state index is 12.4. The number of amides is 2. The SMILES string of the molecule is NC(=O)CN1NN(Cc2ccccc2)c2ccccc2C1=O. The second-order valence-corrected chi connectivity index (χ2v) is 5.05. The van der Waals surface area contributed by atoms with E-state index in [9.17, 15) is 9.59 Å². The molecule has 2 amide bonds. The number of carbonyl (C=O) groups is 2. The highest BCUT2D eigenvalue weighted by Crippen LogP contribution is 2.25. The lowest BCUT2D eigenvalue weighted by molar-refractivity contribution is -0.119. The van der Waals surface area contributed by atoms with Crippen LogP contribution >= 0.6 is 0 Å². The average molecular weight is 296 g/mol. The van der Waals surface area contributed by atoms with Gasteiger partial charge in [0, 0.05) is 0 Å². The standard InChI is InChI=1S/C16H16N4O2/c17-15(21)11-20-16(22)13-8-4-5-9-14(13)19(18-20)10-12-6-2-1-3-7-12/h1-9,18H,10-11H2,(H2,17,21). The van der Waals surface area contributed by atoms with E-state index in [0.717, 1.165) is 11.3 Å². The van der Waals surface area contributed by atoms with Gasteiger partial charge >= 0.3 is 0 Å². The normalized spacial score (nSPS) is 13.9. The Bertz CT molecular complexity index is 702. The van der Waals surface area contributed by atoms with Gasteiger partial charge in [-0.3, -0.25) is 14.6 Å². The number of rotatable bonds is 4. The van der Waals surface area contributed by atoms with E-state index in [0.29, 0.717) is 12.1 Å². The van der Waals surface area contributed by atoms with Gasteiger partial charge in [-0.1, -0.05) is 42.5 Å². The predicted molar refractivity (Wildman–Crippen MR) is 82.4 cm³/mol. The summed E-state index contributed by atoms with van der Waals surface area (Å²) in [5.74, 6) is -0.835. The molecule has 0 fully saturated rings. The molecule has 3 rings (SSSR count). The molecule has 0 aliphatic carbocycles. The smallest absolute Gasteiger partial charge is 0.272 e. The van der Waals surface area contributed by atoms with Crippen LogP contribution in [-0.4, -0.2) is 23.4 Å². The number of nitrogens with zero attached hydrogens (tertiary/aromatic N) is 2. The van der Waals surface area contributed by atoms with Gasteiger partial charge in [0.15, 0.2) is 0 Å². The number of benzene rings is 2. The minimum Gasteiger partial charge on any atom is -0.368 e. The maximum Gasteiger partial charge on any atom is 0.272 e. The molecule has 1 aliphatic rings. The van der Waals surface area contributed by atoms with Crippen LogP contribution in [0.4, 0.5) is 5.69 Å². The molecule has 0 aromatic heterocycles. The first-order valence-corrected chi connectivity index (χ1v) is 6.92. The van der Waals surface area contributed by atoms with Gasteiger partial charge in [0.1, 0.15) is 6.54 Å². The van der Waals surface area contributed by atoms with Gasteiger partial charge in [0.05, 0.1) is 17.8 Å². The molecule has 2 aromatic rings. The number of hydrogen-bond acceptors (Lipinski definition) is 4. The van der Waals surface area contributed by atoms with Crippen LogP contribution in [0.2, 0.25) is 0 Å². The number of anilines is 1. The third-order valence-corrected chi connectivity index (χ3v) is 3.41. The molecule has 0 saturated carbocycles. The van der Waals surface area contributed by atoms with Gasteiger partial charge in [-0.25, -0.2) is 5.01 Å². The molecule has 2 aromatic carbocycles. The molecule has 6 heteroatoms. The number of primary amides is 1. The van der Waals surface area contributed by atoms with Crippen LogP contribution < -0.4 is 16.3 Å². The monoisotopic (exact) mass is 296 g/mol. The Labute approximate surface area is 128 Å². The van der Waals surface area contributed by atoms with Gasteiger partial charge in [0.25, 0.3) is 5.91 Å². The minimum atomic E-state index is -0.570. The van der Waals surface area contributed by atoms with Crippen LogP contribution in [0.25, 0.3) is 0 Å². The fourth-order valence-corrected chi connectivity index (χ4v) is 2.43. The molecule has 6 nitrogen and oxygen atoms in total. The molecule has 0 bridgehead atoms. The Balaban J connectivity index is 1.93. The molecule has 22 heavy (non-hydrogen) atoms. The zero-order chi connectivity index (χ0) is 15.5. The van der Waals surface area contributed by atoms with Crippen molar-refractivity contribution in [3.8, 4) is 0 Å². The molecule has 112 valence electrons.